The zero-order chi connectivity index (χ0) is 9.84. The molecular weight excluding hydrogens is 222 g/mol. The van der Waals surface area contributed by atoms with Crippen molar-refractivity contribution in [2.24, 2.45) is 0 Å². The number of aryl methyl sites for hydroxylation is 1. The van der Waals surface area contributed by atoms with Gasteiger partial charge in [-0.05, 0) is 6.42 Å². The van der Waals surface area contributed by atoms with E-state index in [2.05, 4.69) is 17.0 Å². The normalized spacial score (nSPS) is 9.07. The Bertz CT molecular complexity index is 312. The van der Waals surface area contributed by atoms with E-state index in [9.17, 15) is 4.79 Å². The van der Waals surface area contributed by atoms with E-state index in [4.69, 9.17) is 0 Å². The number of methoxy groups -OCH3 is 1. The zero-order valence-corrected chi connectivity index (χ0v) is 10.1. The van der Waals surface area contributed by atoms with E-state index in [1.54, 1.807) is 11.3 Å². The van der Waals surface area contributed by atoms with Crippen molar-refractivity contribution in [3.63, 3.8) is 0 Å². The Kier molecular flexibility index (Phi) is 5.57. The van der Waals surface area contributed by atoms with Gasteiger partial charge in [0.25, 0.3) is 0 Å². The third-order valence-corrected chi connectivity index (χ3v) is 2.97. The molecule has 1 N–H and O–H groups in total. The summed E-state index contributed by atoms with van der Waals surface area (Å²) < 4.78 is 4.66. The van der Waals surface area contributed by atoms with Gasteiger partial charge in [0.2, 0.25) is 0 Å². The van der Waals surface area contributed by atoms with Crippen LogP contribution in [-0.2, 0) is 11.2 Å². The lowest BCUT2D eigenvalue weighted by Gasteiger charge is -2.03. The Morgan fingerprint density at radius 1 is 1.64 bits per heavy atom. The largest absolute Gasteiger partial charge is 0.465 e. The summed E-state index contributed by atoms with van der Waals surface area (Å²) in [5.41, 5.74) is 1.53. The molecular formula is C9H14ClNO2S. The van der Waals surface area contributed by atoms with Gasteiger partial charge in [-0.1, -0.05) is 6.92 Å². The third-order valence-electron chi connectivity index (χ3n) is 1.84. The van der Waals surface area contributed by atoms with Gasteiger partial charge in [-0.3, -0.25) is 0 Å². The van der Waals surface area contributed by atoms with Crippen LogP contribution in [0.4, 0.5) is 5.69 Å². The average molecular weight is 236 g/mol. The highest BCUT2D eigenvalue weighted by atomic mass is 35.5. The summed E-state index contributed by atoms with van der Waals surface area (Å²) in [5, 5.41) is 4.85. The molecule has 5 heteroatoms. The molecule has 0 radical (unpaired) electrons. The second kappa shape index (κ2) is 5.88. The molecule has 0 saturated heterocycles. The molecule has 0 aromatic carbocycles. The first-order valence-electron chi connectivity index (χ1n) is 4.11. The molecule has 1 rings (SSSR count). The Morgan fingerprint density at radius 2 is 2.29 bits per heavy atom. The summed E-state index contributed by atoms with van der Waals surface area (Å²) in [6, 6.07) is 0. The van der Waals surface area contributed by atoms with E-state index in [0.717, 1.165) is 12.1 Å². The second-order valence-corrected chi connectivity index (χ2v) is 3.51. The Hall–Kier alpha value is -0.740. The van der Waals surface area contributed by atoms with Crippen LogP contribution in [0.5, 0.6) is 0 Å². The number of ether oxygens (including phenoxy) is 1. The fourth-order valence-electron chi connectivity index (χ4n) is 1.19. The molecule has 0 atom stereocenters. The number of halogens is 1. The summed E-state index contributed by atoms with van der Waals surface area (Å²) in [6.07, 6.45) is 0.928. The van der Waals surface area contributed by atoms with Gasteiger partial charge < -0.3 is 10.1 Å². The highest BCUT2D eigenvalue weighted by Gasteiger charge is 2.15. The molecule has 0 saturated carbocycles. The molecule has 0 aliphatic rings. The number of anilines is 1. The van der Waals surface area contributed by atoms with E-state index in [0.29, 0.717) is 5.56 Å². The van der Waals surface area contributed by atoms with Gasteiger partial charge in [0.1, 0.15) is 0 Å². The maximum Gasteiger partial charge on any atom is 0.340 e. The van der Waals surface area contributed by atoms with Crippen molar-refractivity contribution in [2.75, 3.05) is 19.5 Å². The van der Waals surface area contributed by atoms with Crippen molar-refractivity contribution >= 4 is 35.4 Å². The first-order chi connectivity index (χ1) is 6.24. The standard InChI is InChI=1S/C9H13NO2S.ClH/c1-4-7-8(10-2)6(5-13-7)9(11)12-3;/h5,10H,4H2,1-3H3;1H. The monoisotopic (exact) mass is 235 g/mol. The van der Waals surface area contributed by atoms with Gasteiger partial charge in [0.15, 0.2) is 0 Å². The molecule has 3 nitrogen and oxygen atoms in total. The van der Waals surface area contributed by atoms with Gasteiger partial charge in [-0.15, -0.1) is 23.7 Å². The molecule has 1 aromatic heterocycles. The van der Waals surface area contributed by atoms with Gasteiger partial charge in [0, 0.05) is 17.3 Å². The average Bonchev–Trinajstić information content (AvgIpc) is 2.58. The molecule has 0 amide bonds. The molecule has 0 aliphatic carbocycles. The highest BCUT2D eigenvalue weighted by molar-refractivity contribution is 7.10. The van der Waals surface area contributed by atoms with Crippen molar-refractivity contribution in [3.8, 4) is 0 Å². The molecule has 0 fully saturated rings. The number of esters is 1. The molecule has 80 valence electrons. The molecule has 0 unspecified atom stereocenters. The fourth-order valence-corrected chi connectivity index (χ4v) is 2.16. The van der Waals surface area contributed by atoms with E-state index < -0.39 is 0 Å². The van der Waals surface area contributed by atoms with Crippen molar-refractivity contribution in [1.29, 1.82) is 0 Å². The highest BCUT2D eigenvalue weighted by Crippen LogP contribution is 2.28. The Balaban J connectivity index is 0.00000169. The number of carbonyl (C=O) groups is 1. The van der Waals surface area contributed by atoms with E-state index >= 15 is 0 Å². The molecule has 0 spiro atoms. The summed E-state index contributed by atoms with van der Waals surface area (Å²) in [6.45, 7) is 2.06. The van der Waals surface area contributed by atoms with Crippen LogP contribution < -0.4 is 5.32 Å². The first kappa shape index (κ1) is 13.3. The minimum atomic E-state index is -0.277. The molecule has 1 aromatic rings. The minimum absolute atomic E-state index is 0. The van der Waals surface area contributed by atoms with Crippen molar-refractivity contribution in [3.05, 3.63) is 15.8 Å². The van der Waals surface area contributed by atoms with Crippen LogP contribution in [0, 0.1) is 0 Å². The zero-order valence-electron chi connectivity index (χ0n) is 8.42. The van der Waals surface area contributed by atoms with Crippen LogP contribution in [0.1, 0.15) is 22.2 Å². The second-order valence-electron chi connectivity index (χ2n) is 2.54. The number of hydrogen-bond donors (Lipinski definition) is 1. The smallest absolute Gasteiger partial charge is 0.340 e. The van der Waals surface area contributed by atoms with Crippen LogP contribution >= 0.6 is 23.7 Å². The number of hydrogen-bond acceptors (Lipinski definition) is 4. The molecule has 0 aliphatic heterocycles. The van der Waals surface area contributed by atoms with E-state index in [1.165, 1.54) is 12.0 Å². The summed E-state index contributed by atoms with van der Waals surface area (Å²) in [5.74, 6) is -0.277. The molecule has 14 heavy (non-hydrogen) atoms. The minimum Gasteiger partial charge on any atom is -0.465 e. The SMILES string of the molecule is CCc1scc(C(=O)OC)c1NC.Cl. The fraction of sp³-hybridized carbons (Fsp3) is 0.444. The van der Waals surface area contributed by atoms with Crippen LogP contribution in [0.15, 0.2) is 5.38 Å². The quantitative estimate of drug-likeness (QED) is 0.819. The number of carbonyl (C=O) groups excluding carboxylic acids is 1. The number of rotatable bonds is 3. The summed E-state index contributed by atoms with van der Waals surface area (Å²) in [7, 11) is 3.21. The number of nitrogens with one attached hydrogen (secondary N) is 1. The lowest BCUT2D eigenvalue weighted by molar-refractivity contribution is 0.0602. The molecule has 0 bridgehead atoms. The van der Waals surface area contributed by atoms with Crippen LogP contribution in [0.2, 0.25) is 0 Å². The Morgan fingerprint density at radius 3 is 2.71 bits per heavy atom. The first-order valence-corrected chi connectivity index (χ1v) is 4.99. The van der Waals surface area contributed by atoms with Crippen molar-refractivity contribution in [1.82, 2.24) is 0 Å². The van der Waals surface area contributed by atoms with Gasteiger partial charge in [-0.2, -0.15) is 0 Å². The number of thiophene rings is 1. The van der Waals surface area contributed by atoms with E-state index in [-0.39, 0.29) is 18.4 Å². The molecule has 1 heterocycles. The van der Waals surface area contributed by atoms with Crippen LogP contribution in [0.25, 0.3) is 0 Å². The predicted molar refractivity (Wildman–Crippen MR) is 61.8 cm³/mol. The van der Waals surface area contributed by atoms with Crippen LogP contribution in [-0.4, -0.2) is 20.1 Å². The lowest BCUT2D eigenvalue weighted by atomic mass is 10.2. The third kappa shape index (κ3) is 2.39. The van der Waals surface area contributed by atoms with E-state index in [1.807, 2.05) is 12.4 Å². The maximum atomic E-state index is 11.3. The summed E-state index contributed by atoms with van der Waals surface area (Å²) in [4.78, 5) is 12.5. The lowest BCUT2D eigenvalue weighted by Crippen LogP contribution is -2.03. The van der Waals surface area contributed by atoms with Crippen molar-refractivity contribution in [2.45, 2.75) is 13.3 Å². The van der Waals surface area contributed by atoms with Gasteiger partial charge in [-0.25, -0.2) is 4.79 Å². The Labute approximate surface area is 93.9 Å². The summed E-state index contributed by atoms with van der Waals surface area (Å²) >= 11 is 1.58. The topological polar surface area (TPSA) is 38.3 Å². The van der Waals surface area contributed by atoms with Gasteiger partial charge in [0.05, 0.1) is 18.4 Å². The van der Waals surface area contributed by atoms with Crippen LogP contribution in [0.3, 0.4) is 0 Å². The van der Waals surface area contributed by atoms with Gasteiger partial charge >= 0.3 is 5.97 Å². The predicted octanol–water partition coefficient (Wildman–Crippen LogP) is 2.56. The maximum absolute atomic E-state index is 11.3. The van der Waals surface area contributed by atoms with Crippen molar-refractivity contribution < 1.29 is 9.53 Å².